The highest BCUT2D eigenvalue weighted by molar-refractivity contribution is 5.68. The van der Waals surface area contributed by atoms with E-state index in [1.54, 1.807) is 0 Å². The molecule has 0 aliphatic heterocycles. The van der Waals surface area contributed by atoms with E-state index in [2.05, 4.69) is 46.6 Å². The van der Waals surface area contributed by atoms with Gasteiger partial charge in [0, 0.05) is 17.7 Å². The van der Waals surface area contributed by atoms with E-state index >= 15 is 0 Å². The Labute approximate surface area is 215 Å². The van der Waals surface area contributed by atoms with Crippen molar-refractivity contribution in [1.82, 2.24) is 15.5 Å². The molecule has 3 rings (SSSR count). The minimum Gasteiger partial charge on any atom is -0.444 e. The van der Waals surface area contributed by atoms with Gasteiger partial charge >= 0.3 is 6.09 Å². The lowest BCUT2D eigenvalue weighted by atomic mass is 10.0. The van der Waals surface area contributed by atoms with Crippen LogP contribution in [0.4, 0.5) is 4.79 Å². The van der Waals surface area contributed by atoms with Crippen LogP contribution in [0.5, 0.6) is 0 Å². The lowest BCUT2D eigenvalue weighted by Crippen LogP contribution is -2.32. The number of alkyl carbamates (subject to hydrolysis) is 1. The number of aromatic nitrogens is 2. The molecule has 0 aliphatic rings. The molecule has 0 fully saturated rings. The second-order valence-corrected chi connectivity index (χ2v) is 10.4. The van der Waals surface area contributed by atoms with Crippen molar-refractivity contribution in [2.24, 2.45) is 0 Å². The van der Waals surface area contributed by atoms with Crippen LogP contribution in [0.15, 0.2) is 53.1 Å². The van der Waals surface area contributed by atoms with Crippen molar-refractivity contribution < 1.29 is 14.1 Å². The molecule has 0 saturated heterocycles. The Morgan fingerprint density at radius 3 is 2.28 bits per heavy atom. The molecule has 0 unspecified atom stereocenters. The Hall–Kier alpha value is -3.15. The fourth-order valence-corrected chi connectivity index (χ4v) is 4.04. The quantitative estimate of drug-likeness (QED) is 0.244. The molecule has 6 nitrogen and oxygen atoms in total. The van der Waals surface area contributed by atoms with Crippen molar-refractivity contribution in [2.75, 3.05) is 0 Å². The molecule has 3 aromatic rings. The number of hydrogen-bond acceptors (Lipinski definition) is 5. The molecule has 0 radical (unpaired) electrons. The SMILES string of the molecule is CCCCCCCCCCc1ccc(-c2noc(-c3cccc(CNC(=O)OC(C)(C)C)c3)n2)cc1. The normalized spacial score (nSPS) is 11.4. The van der Waals surface area contributed by atoms with Crippen molar-refractivity contribution >= 4 is 6.09 Å². The Balaban J connectivity index is 1.49. The number of benzene rings is 2. The summed E-state index contributed by atoms with van der Waals surface area (Å²) in [4.78, 5) is 16.5. The van der Waals surface area contributed by atoms with Gasteiger partial charge in [0.15, 0.2) is 0 Å². The molecule has 1 heterocycles. The van der Waals surface area contributed by atoms with Crippen LogP contribution < -0.4 is 5.32 Å². The van der Waals surface area contributed by atoms with Gasteiger partial charge in [-0.2, -0.15) is 4.98 Å². The van der Waals surface area contributed by atoms with E-state index in [4.69, 9.17) is 9.26 Å². The molecular formula is C30H41N3O3. The van der Waals surface area contributed by atoms with Gasteiger partial charge < -0.3 is 14.6 Å². The molecule has 0 saturated carbocycles. The number of nitrogens with zero attached hydrogens (tertiary/aromatic N) is 2. The van der Waals surface area contributed by atoms with Crippen LogP contribution in [0.1, 0.15) is 90.2 Å². The topological polar surface area (TPSA) is 77.2 Å². The fraction of sp³-hybridized carbons (Fsp3) is 0.500. The van der Waals surface area contributed by atoms with Gasteiger partial charge in [-0.15, -0.1) is 0 Å². The molecule has 2 aromatic carbocycles. The van der Waals surface area contributed by atoms with Crippen molar-refractivity contribution in [3.05, 3.63) is 59.7 Å². The molecule has 1 N–H and O–H groups in total. The molecule has 0 atom stereocenters. The van der Waals surface area contributed by atoms with Gasteiger partial charge in [-0.3, -0.25) is 0 Å². The second kappa shape index (κ2) is 13.8. The summed E-state index contributed by atoms with van der Waals surface area (Å²) in [6, 6.07) is 16.1. The minimum atomic E-state index is -0.530. The van der Waals surface area contributed by atoms with Gasteiger partial charge in [0.2, 0.25) is 5.82 Å². The van der Waals surface area contributed by atoms with Crippen LogP contribution in [0.3, 0.4) is 0 Å². The number of hydrogen-bond donors (Lipinski definition) is 1. The average molecular weight is 492 g/mol. The highest BCUT2D eigenvalue weighted by atomic mass is 16.6. The van der Waals surface area contributed by atoms with E-state index < -0.39 is 11.7 Å². The maximum Gasteiger partial charge on any atom is 0.407 e. The summed E-state index contributed by atoms with van der Waals surface area (Å²) in [5, 5.41) is 6.95. The summed E-state index contributed by atoms with van der Waals surface area (Å²) in [6.45, 7) is 8.13. The van der Waals surface area contributed by atoms with Gasteiger partial charge in [-0.1, -0.05) is 93.4 Å². The van der Waals surface area contributed by atoms with Gasteiger partial charge in [-0.25, -0.2) is 4.79 Å². The van der Waals surface area contributed by atoms with Crippen molar-refractivity contribution in [3.63, 3.8) is 0 Å². The largest absolute Gasteiger partial charge is 0.444 e. The first-order chi connectivity index (χ1) is 17.3. The third-order valence-corrected chi connectivity index (χ3v) is 5.97. The standard InChI is InChI=1S/C30H41N3O3/c1-5-6-7-8-9-10-11-12-14-23-17-19-25(20-18-23)27-32-28(36-33-27)26-16-13-15-24(21-26)22-31-29(34)35-30(2,3)4/h13,15-21H,5-12,14,22H2,1-4H3,(H,31,34). The number of ether oxygens (including phenoxy) is 1. The zero-order chi connectivity index (χ0) is 25.8. The third-order valence-electron chi connectivity index (χ3n) is 5.97. The zero-order valence-corrected chi connectivity index (χ0v) is 22.3. The third kappa shape index (κ3) is 9.48. The number of carbonyl (C=O) groups is 1. The van der Waals surface area contributed by atoms with E-state index in [9.17, 15) is 4.79 Å². The molecule has 6 heteroatoms. The van der Waals surface area contributed by atoms with E-state index in [1.807, 2.05) is 45.0 Å². The lowest BCUT2D eigenvalue weighted by Gasteiger charge is -2.19. The van der Waals surface area contributed by atoms with Crippen LogP contribution in [0, 0.1) is 0 Å². The van der Waals surface area contributed by atoms with Gasteiger partial charge in [0.25, 0.3) is 5.89 Å². The van der Waals surface area contributed by atoms with Crippen LogP contribution in [-0.2, 0) is 17.7 Å². The highest BCUT2D eigenvalue weighted by Crippen LogP contribution is 2.24. The predicted octanol–water partition coefficient (Wildman–Crippen LogP) is 8.11. The first kappa shape index (κ1) is 27.4. The van der Waals surface area contributed by atoms with Crippen molar-refractivity contribution in [1.29, 1.82) is 0 Å². The number of rotatable bonds is 13. The van der Waals surface area contributed by atoms with E-state index in [-0.39, 0.29) is 0 Å². The fourth-order valence-electron chi connectivity index (χ4n) is 4.04. The molecule has 194 valence electrons. The molecule has 1 aromatic heterocycles. The van der Waals surface area contributed by atoms with Crippen LogP contribution in [0.25, 0.3) is 22.8 Å². The summed E-state index contributed by atoms with van der Waals surface area (Å²) >= 11 is 0. The van der Waals surface area contributed by atoms with E-state index in [0.29, 0.717) is 18.3 Å². The Kier molecular flexibility index (Phi) is 10.5. The number of amides is 1. The van der Waals surface area contributed by atoms with Gasteiger partial charge in [0.1, 0.15) is 5.60 Å². The number of carbonyl (C=O) groups excluding carboxylic acids is 1. The highest BCUT2D eigenvalue weighted by Gasteiger charge is 2.16. The Morgan fingerprint density at radius 2 is 1.58 bits per heavy atom. The Bertz CT molecular complexity index is 1070. The van der Waals surface area contributed by atoms with Crippen LogP contribution in [0.2, 0.25) is 0 Å². The smallest absolute Gasteiger partial charge is 0.407 e. The maximum absolute atomic E-state index is 11.9. The molecule has 36 heavy (non-hydrogen) atoms. The van der Waals surface area contributed by atoms with E-state index in [1.165, 1.54) is 56.9 Å². The summed E-state index contributed by atoms with van der Waals surface area (Å²) < 4.78 is 10.8. The number of unbranched alkanes of at least 4 members (excludes halogenated alkanes) is 7. The van der Waals surface area contributed by atoms with Crippen molar-refractivity contribution in [2.45, 2.75) is 97.6 Å². The lowest BCUT2D eigenvalue weighted by molar-refractivity contribution is 0.0523. The van der Waals surface area contributed by atoms with Crippen LogP contribution >= 0.6 is 0 Å². The Morgan fingerprint density at radius 1 is 0.889 bits per heavy atom. The summed E-state index contributed by atoms with van der Waals surface area (Å²) in [5.74, 6) is 1.02. The number of aryl methyl sites for hydroxylation is 1. The predicted molar refractivity (Wildman–Crippen MR) is 145 cm³/mol. The first-order valence-electron chi connectivity index (χ1n) is 13.3. The minimum absolute atomic E-state index is 0.351. The maximum atomic E-state index is 11.9. The van der Waals surface area contributed by atoms with Gasteiger partial charge in [0.05, 0.1) is 0 Å². The average Bonchev–Trinajstić information content (AvgIpc) is 3.34. The first-order valence-corrected chi connectivity index (χ1v) is 13.3. The summed E-state index contributed by atoms with van der Waals surface area (Å²) in [7, 11) is 0. The van der Waals surface area contributed by atoms with Crippen LogP contribution in [-0.4, -0.2) is 21.8 Å². The van der Waals surface area contributed by atoms with E-state index in [0.717, 1.165) is 23.1 Å². The second-order valence-electron chi connectivity index (χ2n) is 10.4. The molecule has 0 spiro atoms. The molecule has 1 amide bonds. The number of nitrogens with one attached hydrogen (secondary N) is 1. The molecule has 0 bridgehead atoms. The van der Waals surface area contributed by atoms with Gasteiger partial charge in [-0.05, 0) is 56.9 Å². The summed E-state index contributed by atoms with van der Waals surface area (Å²) in [6.07, 6.45) is 11.3. The van der Waals surface area contributed by atoms with Crippen molar-refractivity contribution in [3.8, 4) is 22.8 Å². The monoisotopic (exact) mass is 491 g/mol. The molecule has 0 aliphatic carbocycles. The molecular weight excluding hydrogens is 450 g/mol. The zero-order valence-electron chi connectivity index (χ0n) is 22.3. The summed E-state index contributed by atoms with van der Waals surface area (Å²) in [5.41, 5.74) is 3.48.